The Morgan fingerprint density at radius 3 is 2.69 bits per heavy atom. The molecule has 8 heteroatoms. The van der Waals surface area contributed by atoms with Crippen LogP contribution in [0.15, 0.2) is 48.8 Å². The number of benzene rings is 2. The van der Waals surface area contributed by atoms with E-state index in [1.165, 1.54) is 6.07 Å². The van der Waals surface area contributed by atoms with E-state index >= 15 is 0 Å². The molecule has 3 aliphatic rings. The minimum Gasteiger partial charge on any atom is -0.485 e. The smallest absolute Gasteiger partial charge is 0.165 e. The number of piperidine rings is 1. The van der Waals surface area contributed by atoms with Crippen LogP contribution in [-0.4, -0.2) is 40.8 Å². The zero-order chi connectivity index (χ0) is 24.7. The van der Waals surface area contributed by atoms with E-state index in [4.69, 9.17) is 21.1 Å². The number of fused-ring (bicyclic) bond motifs is 1. The molecule has 3 aromatic rings. The summed E-state index contributed by atoms with van der Waals surface area (Å²) in [7, 11) is 0. The van der Waals surface area contributed by atoms with E-state index in [0.29, 0.717) is 22.3 Å². The molecule has 1 aliphatic carbocycles. The van der Waals surface area contributed by atoms with Crippen LogP contribution in [0.5, 0.6) is 11.5 Å². The van der Waals surface area contributed by atoms with E-state index in [1.54, 1.807) is 12.1 Å². The molecule has 2 aromatic carbocycles. The second-order valence-corrected chi connectivity index (χ2v) is 10.8. The molecule has 3 heterocycles. The Morgan fingerprint density at radius 2 is 1.94 bits per heavy atom. The van der Waals surface area contributed by atoms with E-state index in [2.05, 4.69) is 20.5 Å². The van der Waals surface area contributed by atoms with Crippen molar-refractivity contribution in [3.8, 4) is 11.5 Å². The molecule has 2 aliphatic heterocycles. The molecule has 5 nitrogen and oxygen atoms in total. The monoisotopic (exact) mass is 513 g/mol. The third-order valence-electron chi connectivity index (χ3n) is 7.91. The summed E-state index contributed by atoms with van der Waals surface area (Å²) < 4.78 is 42.4. The molecular formula is C28H30ClF2N3O2. The van der Waals surface area contributed by atoms with E-state index in [-0.39, 0.29) is 24.5 Å². The van der Waals surface area contributed by atoms with Crippen LogP contribution in [0, 0.1) is 11.2 Å². The molecule has 1 aromatic heterocycles. The van der Waals surface area contributed by atoms with Gasteiger partial charge < -0.3 is 14.0 Å². The molecule has 0 amide bonds. The highest BCUT2D eigenvalue weighted by Gasteiger charge is 2.43. The fourth-order valence-electron chi connectivity index (χ4n) is 5.46. The van der Waals surface area contributed by atoms with Crippen LogP contribution in [0.2, 0.25) is 5.02 Å². The number of aromatic nitrogens is 2. The van der Waals surface area contributed by atoms with Gasteiger partial charge in [0.1, 0.15) is 18.2 Å². The standard InChI is InChI=1S/C28H30ClF2N3O2/c29-20-4-5-22(23(31)14-20)25-16-35-24-3-1-2-21(27(24)36-25)19-6-11-33(12-7-19)15-26-32-10-13-34(26)18-28(17-30)8-9-28/h1-5,10,13-14,19,25H,6-9,11-12,15-18H2/t25-/m1/s1. The number of hydrogen-bond donors (Lipinski definition) is 0. The molecule has 0 spiro atoms. The molecule has 2 fully saturated rings. The van der Waals surface area contributed by atoms with E-state index in [9.17, 15) is 8.78 Å². The Morgan fingerprint density at radius 1 is 1.11 bits per heavy atom. The third-order valence-corrected chi connectivity index (χ3v) is 8.14. The number of imidazole rings is 1. The van der Waals surface area contributed by atoms with Crippen molar-refractivity contribution in [2.75, 3.05) is 26.4 Å². The number of alkyl halides is 1. The van der Waals surface area contributed by atoms with Crippen LogP contribution in [0.25, 0.3) is 0 Å². The zero-order valence-electron chi connectivity index (χ0n) is 20.1. The second kappa shape index (κ2) is 9.67. The third kappa shape index (κ3) is 4.71. The number of ether oxygens (including phenoxy) is 2. The molecule has 190 valence electrons. The summed E-state index contributed by atoms with van der Waals surface area (Å²) in [6.45, 7) is 3.36. The maximum atomic E-state index is 14.6. The van der Waals surface area contributed by atoms with Crippen molar-refractivity contribution in [1.29, 1.82) is 0 Å². The van der Waals surface area contributed by atoms with Gasteiger partial charge in [-0.3, -0.25) is 9.29 Å². The molecule has 1 saturated heterocycles. The summed E-state index contributed by atoms with van der Waals surface area (Å²) in [4.78, 5) is 6.98. The largest absolute Gasteiger partial charge is 0.485 e. The SMILES string of the molecule is FCC1(Cn2ccnc2CN2CCC(c3cccc4c3O[C@@H](c3ccc(Cl)cc3F)CO4)CC2)CC1. The topological polar surface area (TPSA) is 39.5 Å². The number of hydrogen-bond acceptors (Lipinski definition) is 4. The fourth-order valence-corrected chi connectivity index (χ4v) is 5.62. The van der Waals surface area contributed by atoms with Crippen molar-refractivity contribution in [3.05, 3.63) is 76.6 Å². The van der Waals surface area contributed by atoms with Crippen molar-refractivity contribution < 1.29 is 18.3 Å². The molecule has 1 atom stereocenters. The summed E-state index contributed by atoms with van der Waals surface area (Å²) in [6.07, 6.45) is 7.17. The average Bonchev–Trinajstić information content (AvgIpc) is 3.55. The summed E-state index contributed by atoms with van der Waals surface area (Å²) in [5.41, 5.74) is 1.40. The highest BCUT2D eigenvalue weighted by molar-refractivity contribution is 6.30. The average molecular weight is 514 g/mol. The van der Waals surface area contributed by atoms with Gasteiger partial charge in [-0.25, -0.2) is 9.37 Å². The Balaban J connectivity index is 1.12. The summed E-state index contributed by atoms with van der Waals surface area (Å²) in [5, 5.41) is 0.359. The predicted octanol–water partition coefficient (Wildman–Crippen LogP) is 6.32. The summed E-state index contributed by atoms with van der Waals surface area (Å²) >= 11 is 5.93. The van der Waals surface area contributed by atoms with Crippen LogP contribution < -0.4 is 9.47 Å². The maximum Gasteiger partial charge on any atom is 0.165 e. The molecule has 36 heavy (non-hydrogen) atoms. The number of halogens is 3. The molecule has 0 N–H and O–H groups in total. The van der Waals surface area contributed by atoms with E-state index in [0.717, 1.165) is 69.0 Å². The molecule has 0 unspecified atom stereocenters. The van der Waals surface area contributed by atoms with Crippen LogP contribution in [-0.2, 0) is 13.1 Å². The van der Waals surface area contributed by atoms with E-state index in [1.807, 2.05) is 24.5 Å². The Hall–Kier alpha value is -2.64. The van der Waals surface area contributed by atoms with Crippen molar-refractivity contribution in [2.45, 2.75) is 50.8 Å². The van der Waals surface area contributed by atoms with Gasteiger partial charge in [0.15, 0.2) is 17.6 Å². The molecule has 1 saturated carbocycles. The number of para-hydroxylation sites is 1. The first-order chi connectivity index (χ1) is 17.5. The van der Waals surface area contributed by atoms with Gasteiger partial charge in [-0.2, -0.15) is 0 Å². The summed E-state index contributed by atoms with van der Waals surface area (Å²) in [6, 6.07) is 10.7. The fraction of sp³-hybridized carbons (Fsp3) is 0.464. The molecule has 0 radical (unpaired) electrons. The first kappa shape index (κ1) is 23.7. The molecule has 0 bridgehead atoms. The Kier molecular flexibility index (Phi) is 6.38. The van der Waals surface area contributed by atoms with Crippen LogP contribution in [0.4, 0.5) is 8.78 Å². The van der Waals surface area contributed by atoms with Gasteiger partial charge in [-0.1, -0.05) is 29.8 Å². The van der Waals surface area contributed by atoms with Gasteiger partial charge in [-0.15, -0.1) is 0 Å². The minimum absolute atomic E-state index is 0.163. The van der Waals surface area contributed by atoms with Crippen molar-refractivity contribution in [1.82, 2.24) is 14.5 Å². The lowest BCUT2D eigenvalue weighted by atomic mass is 9.88. The quantitative estimate of drug-likeness (QED) is 0.371. The van der Waals surface area contributed by atoms with Crippen molar-refractivity contribution in [3.63, 3.8) is 0 Å². The van der Waals surface area contributed by atoms with Gasteiger partial charge in [0.05, 0.1) is 13.2 Å². The highest BCUT2D eigenvalue weighted by Crippen LogP contribution is 2.48. The van der Waals surface area contributed by atoms with Gasteiger partial charge >= 0.3 is 0 Å². The van der Waals surface area contributed by atoms with Gasteiger partial charge in [0.2, 0.25) is 0 Å². The lowest BCUT2D eigenvalue weighted by molar-refractivity contribution is 0.0856. The lowest BCUT2D eigenvalue weighted by Gasteiger charge is -2.35. The molecule has 6 rings (SSSR count). The van der Waals surface area contributed by atoms with Gasteiger partial charge in [0, 0.05) is 40.5 Å². The van der Waals surface area contributed by atoms with E-state index < -0.39 is 6.10 Å². The molecular weight excluding hydrogens is 484 g/mol. The second-order valence-electron chi connectivity index (χ2n) is 10.4. The van der Waals surface area contributed by atoms with Gasteiger partial charge in [-0.05, 0) is 62.9 Å². The van der Waals surface area contributed by atoms with Gasteiger partial charge in [0.25, 0.3) is 0 Å². The lowest BCUT2D eigenvalue weighted by Crippen LogP contribution is -2.34. The van der Waals surface area contributed by atoms with Crippen LogP contribution in [0.1, 0.15) is 54.7 Å². The number of likely N-dealkylation sites (tertiary alicyclic amines) is 1. The first-order valence-corrected chi connectivity index (χ1v) is 13.1. The van der Waals surface area contributed by atoms with Crippen LogP contribution in [0.3, 0.4) is 0 Å². The highest BCUT2D eigenvalue weighted by atomic mass is 35.5. The summed E-state index contributed by atoms with van der Waals surface area (Å²) in [5.74, 6) is 2.38. The Labute approximate surface area is 215 Å². The number of rotatable bonds is 7. The first-order valence-electron chi connectivity index (χ1n) is 12.7. The Bertz CT molecular complexity index is 1240. The normalized spacial score (nSPS) is 21.5. The predicted molar refractivity (Wildman–Crippen MR) is 134 cm³/mol. The zero-order valence-corrected chi connectivity index (χ0v) is 20.9. The minimum atomic E-state index is -0.519. The number of nitrogens with zero attached hydrogens (tertiary/aromatic N) is 3. The van der Waals surface area contributed by atoms with Crippen LogP contribution >= 0.6 is 11.6 Å². The van der Waals surface area contributed by atoms with Crippen molar-refractivity contribution in [2.24, 2.45) is 5.41 Å². The maximum absolute atomic E-state index is 14.6. The van der Waals surface area contributed by atoms with Crippen molar-refractivity contribution >= 4 is 11.6 Å².